The van der Waals surface area contributed by atoms with Crippen LogP contribution >= 0.6 is 11.6 Å². The molecule has 0 aliphatic carbocycles. The number of carbonyl (C=O) groups is 1. The van der Waals surface area contributed by atoms with Gasteiger partial charge in [-0.2, -0.15) is 0 Å². The van der Waals surface area contributed by atoms with Crippen molar-refractivity contribution in [1.82, 2.24) is 5.32 Å². The molecular formula is C13H16ClNO2. The van der Waals surface area contributed by atoms with Gasteiger partial charge in [-0.25, -0.2) is 4.79 Å². The first-order valence-corrected chi connectivity index (χ1v) is 5.80. The van der Waals surface area contributed by atoms with E-state index < -0.39 is 0 Å². The first-order chi connectivity index (χ1) is 8.22. The minimum Gasteiger partial charge on any atom is -0.466 e. The number of halogens is 1. The summed E-state index contributed by atoms with van der Waals surface area (Å²) in [6.07, 6.45) is 4.01. The summed E-state index contributed by atoms with van der Waals surface area (Å²) in [6, 6.07) is 7.72. The van der Waals surface area contributed by atoms with Gasteiger partial charge in [-0.1, -0.05) is 29.8 Å². The molecule has 0 heterocycles. The molecule has 0 radical (unpaired) electrons. The van der Waals surface area contributed by atoms with E-state index in [2.05, 4.69) is 10.1 Å². The molecule has 0 unspecified atom stereocenters. The van der Waals surface area contributed by atoms with E-state index in [9.17, 15) is 4.79 Å². The number of benzene rings is 1. The molecule has 0 amide bonds. The number of carbonyl (C=O) groups excluding carboxylic acids is 1. The Morgan fingerprint density at radius 2 is 2.35 bits per heavy atom. The highest BCUT2D eigenvalue weighted by molar-refractivity contribution is 6.30. The van der Waals surface area contributed by atoms with E-state index >= 15 is 0 Å². The Morgan fingerprint density at radius 3 is 3.06 bits per heavy atom. The third kappa shape index (κ3) is 6.09. The average Bonchev–Trinajstić information content (AvgIpc) is 2.33. The second-order valence-corrected chi connectivity index (χ2v) is 3.96. The summed E-state index contributed by atoms with van der Waals surface area (Å²) in [5.41, 5.74) is 1.15. The van der Waals surface area contributed by atoms with E-state index in [1.165, 1.54) is 13.2 Å². The van der Waals surface area contributed by atoms with Gasteiger partial charge in [-0.05, 0) is 30.7 Å². The van der Waals surface area contributed by atoms with Crippen molar-refractivity contribution in [3.8, 4) is 0 Å². The van der Waals surface area contributed by atoms with Crippen LogP contribution in [-0.2, 0) is 16.1 Å². The van der Waals surface area contributed by atoms with Crippen molar-refractivity contribution in [1.29, 1.82) is 0 Å². The van der Waals surface area contributed by atoms with Crippen LogP contribution in [0, 0.1) is 0 Å². The van der Waals surface area contributed by atoms with E-state index in [1.54, 1.807) is 6.08 Å². The summed E-state index contributed by atoms with van der Waals surface area (Å²) in [7, 11) is 1.37. The molecule has 0 aliphatic rings. The number of rotatable bonds is 6. The normalized spacial score (nSPS) is 10.7. The summed E-state index contributed by atoms with van der Waals surface area (Å²) in [6.45, 7) is 1.58. The highest BCUT2D eigenvalue weighted by Gasteiger charge is 1.93. The van der Waals surface area contributed by atoms with Crippen LogP contribution in [-0.4, -0.2) is 19.6 Å². The lowest BCUT2D eigenvalue weighted by Crippen LogP contribution is -2.14. The lowest BCUT2D eigenvalue weighted by molar-refractivity contribution is -0.134. The van der Waals surface area contributed by atoms with Crippen LogP contribution in [0.4, 0.5) is 0 Å². The predicted molar refractivity (Wildman–Crippen MR) is 68.9 cm³/mol. The molecule has 0 fully saturated rings. The van der Waals surface area contributed by atoms with Gasteiger partial charge in [0.1, 0.15) is 0 Å². The van der Waals surface area contributed by atoms with Crippen molar-refractivity contribution in [2.75, 3.05) is 13.7 Å². The van der Waals surface area contributed by atoms with E-state index in [0.717, 1.165) is 30.1 Å². The van der Waals surface area contributed by atoms with Gasteiger partial charge in [0.05, 0.1) is 7.11 Å². The second kappa shape index (κ2) is 7.87. The quantitative estimate of drug-likeness (QED) is 0.481. The fraction of sp³-hybridized carbons (Fsp3) is 0.308. The largest absolute Gasteiger partial charge is 0.466 e. The van der Waals surface area contributed by atoms with Gasteiger partial charge in [-0.15, -0.1) is 0 Å². The first kappa shape index (κ1) is 13.7. The van der Waals surface area contributed by atoms with Crippen LogP contribution in [0.15, 0.2) is 36.4 Å². The Balaban J connectivity index is 2.16. The lowest BCUT2D eigenvalue weighted by atomic mass is 10.2. The summed E-state index contributed by atoms with van der Waals surface area (Å²) in [4.78, 5) is 10.8. The molecule has 92 valence electrons. The molecule has 0 aliphatic heterocycles. The predicted octanol–water partition coefficient (Wildman–Crippen LogP) is 2.55. The molecule has 1 aromatic carbocycles. The second-order valence-electron chi connectivity index (χ2n) is 3.52. The third-order valence-electron chi connectivity index (χ3n) is 2.16. The summed E-state index contributed by atoms with van der Waals surface area (Å²) in [5, 5.41) is 4.00. The van der Waals surface area contributed by atoms with Crippen LogP contribution < -0.4 is 5.32 Å². The van der Waals surface area contributed by atoms with E-state index in [4.69, 9.17) is 11.6 Å². The number of hydrogen-bond acceptors (Lipinski definition) is 3. The fourth-order valence-corrected chi connectivity index (χ4v) is 1.53. The van der Waals surface area contributed by atoms with Crippen LogP contribution in [0.3, 0.4) is 0 Å². The van der Waals surface area contributed by atoms with Gasteiger partial charge in [-0.3, -0.25) is 0 Å². The Kier molecular flexibility index (Phi) is 6.37. The van der Waals surface area contributed by atoms with Gasteiger partial charge in [0.2, 0.25) is 0 Å². The highest BCUT2D eigenvalue weighted by Crippen LogP contribution is 2.10. The standard InChI is InChI=1S/C13H16ClNO2/c1-17-13(16)7-2-3-8-15-10-11-5-4-6-12(14)9-11/h2,4-7,9,15H,3,8,10H2,1H3/b7-2+. The molecule has 1 aromatic rings. The molecule has 0 saturated heterocycles. The number of ether oxygens (including phenoxy) is 1. The average molecular weight is 254 g/mol. The fourth-order valence-electron chi connectivity index (χ4n) is 1.31. The van der Waals surface area contributed by atoms with E-state index in [1.807, 2.05) is 24.3 Å². The van der Waals surface area contributed by atoms with Crippen LogP contribution in [0.5, 0.6) is 0 Å². The topological polar surface area (TPSA) is 38.3 Å². The monoisotopic (exact) mass is 253 g/mol. The number of esters is 1. The molecule has 0 saturated carbocycles. The third-order valence-corrected chi connectivity index (χ3v) is 2.40. The minimum absolute atomic E-state index is 0.320. The maximum absolute atomic E-state index is 10.8. The van der Waals surface area contributed by atoms with Gasteiger partial charge >= 0.3 is 5.97 Å². The van der Waals surface area contributed by atoms with Crippen molar-refractivity contribution < 1.29 is 9.53 Å². The van der Waals surface area contributed by atoms with Crippen LogP contribution in [0.1, 0.15) is 12.0 Å². The Labute approximate surface area is 106 Å². The molecule has 0 spiro atoms. The molecule has 17 heavy (non-hydrogen) atoms. The molecule has 1 N–H and O–H groups in total. The molecule has 3 nitrogen and oxygen atoms in total. The highest BCUT2D eigenvalue weighted by atomic mass is 35.5. The minimum atomic E-state index is -0.320. The van der Waals surface area contributed by atoms with Gasteiger partial charge in [0, 0.05) is 17.6 Å². The Bertz CT molecular complexity index is 391. The summed E-state index contributed by atoms with van der Waals surface area (Å²) >= 11 is 5.87. The number of methoxy groups -OCH3 is 1. The van der Waals surface area contributed by atoms with Crippen molar-refractivity contribution >= 4 is 17.6 Å². The number of hydrogen-bond donors (Lipinski definition) is 1. The Morgan fingerprint density at radius 1 is 1.53 bits per heavy atom. The van der Waals surface area contributed by atoms with Crippen molar-refractivity contribution in [2.24, 2.45) is 0 Å². The lowest BCUT2D eigenvalue weighted by Gasteiger charge is -2.03. The Hall–Kier alpha value is -1.32. The molecule has 4 heteroatoms. The maximum atomic E-state index is 10.8. The van der Waals surface area contributed by atoms with Gasteiger partial charge in [0.15, 0.2) is 0 Å². The zero-order valence-corrected chi connectivity index (χ0v) is 10.5. The molecule has 0 aromatic heterocycles. The van der Waals surface area contributed by atoms with Gasteiger partial charge < -0.3 is 10.1 Å². The van der Waals surface area contributed by atoms with E-state index in [0.29, 0.717) is 0 Å². The molecule has 0 bridgehead atoms. The molecule has 0 atom stereocenters. The summed E-state index contributed by atoms with van der Waals surface area (Å²) in [5.74, 6) is -0.320. The van der Waals surface area contributed by atoms with E-state index in [-0.39, 0.29) is 5.97 Å². The first-order valence-electron chi connectivity index (χ1n) is 5.42. The molecular weight excluding hydrogens is 238 g/mol. The van der Waals surface area contributed by atoms with Crippen molar-refractivity contribution in [3.63, 3.8) is 0 Å². The maximum Gasteiger partial charge on any atom is 0.330 e. The van der Waals surface area contributed by atoms with Crippen molar-refractivity contribution in [2.45, 2.75) is 13.0 Å². The zero-order chi connectivity index (χ0) is 12.5. The number of nitrogens with one attached hydrogen (secondary N) is 1. The summed E-state index contributed by atoms with van der Waals surface area (Å²) < 4.78 is 4.48. The van der Waals surface area contributed by atoms with Crippen LogP contribution in [0.2, 0.25) is 5.02 Å². The zero-order valence-electron chi connectivity index (χ0n) is 9.78. The smallest absolute Gasteiger partial charge is 0.330 e. The van der Waals surface area contributed by atoms with Gasteiger partial charge in [0.25, 0.3) is 0 Å². The molecule has 1 rings (SSSR count). The van der Waals surface area contributed by atoms with Crippen molar-refractivity contribution in [3.05, 3.63) is 47.0 Å². The SMILES string of the molecule is COC(=O)/C=C/CCNCc1cccc(Cl)c1. The van der Waals surface area contributed by atoms with Crippen LogP contribution in [0.25, 0.3) is 0 Å².